The largest absolute Gasteiger partial charge is 0.496 e. The van der Waals surface area contributed by atoms with Crippen molar-refractivity contribution < 1.29 is 9.53 Å². The third-order valence-electron chi connectivity index (χ3n) is 2.38. The zero-order valence-electron chi connectivity index (χ0n) is 9.48. The molecule has 5 heteroatoms. The van der Waals surface area contributed by atoms with E-state index in [0.29, 0.717) is 16.9 Å². The summed E-state index contributed by atoms with van der Waals surface area (Å²) in [7, 11) is 3.32. The summed E-state index contributed by atoms with van der Waals surface area (Å²) < 4.78 is 7.67. The van der Waals surface area contributed by atoms with Crippen molar-refractivity contribution in [1.82, 2.24) is 9.78 Å². The first kappa shape index (κ1) is 11.9. The maximum atomic E-state index is 12.2. The van der Waals surface area contributed by atoms with E-state index in [4.69, 9.17) is 4.74 Å². The third-order valence-corrected chi connectivity index (χ3v) is 2.87. The van der Waals surface area contributed by atoms with Crippen LogP contribution in [0.2, 0.25) is 0 Å². The van der Waals surface area contributed by atoms with Crippen molar-refractivity contribution in [2.75, 3.05) is 7.11 Å². The first-order valence-electron chi connectivity index (χ1n) is 4.98. The maximum Gasteiger partial charge on any atom is 0.199 e. The molecule has 4 nitrogen and oxygen atoms in total. The summed E-state index contributed by atoms with van der Waals surface area (Å²) in [5, 5.41) is 3.98. The zero-order valence-corrected chi connectivity index (χ0v) is 11.1. The number of hydrogen-bond donors (Lipinski definition) is 0. The number of nitrogens with zero attached hydrogens (tertiary/aromatic N) is 2. The molecule has 0 saturated heterocycles. The lowest BCUT2D eigenvalue weighted by Crippen LogP contribution is -2.03. The van der Waals surface area contributed by atoms with Gasteiger partial charge in [0.15, 0.2) is 5.78 Å². The molecule has 1 aromatic carbocycles. The van der Waals surface area contributed by atoms with Crippen LogP contribution in [0.4, 0.5) is 0 Å². The van der Waals surface area contributed by atoms with E-state index in [1.165, 1.54) is 0 Å². The van der Waals surface area contributed by atoms with Gasteiger partial charge < -0.3 is 4.74 Å². The molecule has 0 saturated carbocycles. The molecule has 0 fully saturated rings. The van der Waals surface area contributed by atoms with Crippen LogP contribution in [-0.2, 0) is 7.05 Å². The van der Waals surface area contributed by atoms with Crippen molar-refractivity contribution in [3.05, 3.63) is 46.2 Å². The molecule has 2 rings (SSSR count). The van der Waals surface area contributed by atoms with E-state index in [1.54, 1.807) is 43.4 Å². The van der Waals surface area contributed by atoms with Crippen LogP contribution >= 0.6 is 15.9 Å². The Bertz CT molecular complexity index is 563. The monoisotopic (exact) mass is 294 g/mol. The molecule has 0 aliphatic carbocycles. The van der Waals surface area contributed by atoms with Gasteiger partial charge >= 0.3 is 0 Å². The third kappa shape index (κ3) is 2.39. The van der Waals surface area contributed by atoms with Crippen LogP contribution in [0.5, 0.6) is 5.75 Å². The summed E-state index contributed by atoms with van der Waals surface area (Å²) in [6, 6.07) is 5.31. The SMILES string of the molecule is COc1cc(Br)ccc1C(=O)c1cnn(C)c1. The molecule has 0 N–H and O–H groups in total. The predicted molar refractivity (Wildman–Crippen MR) is 67.3 cm³/mol. The predicted octanol–water partition coefficient (Wildman–Crippen LogP) is 2.42. The highest BCUT2D eigenvalue weighted by Crippen LogP contribution is 2.25. The van der Waals surface area contributed by atoms with Crippen molar-refractivity contribution in [3.8, 4) is 5.75 Å². The summed E-state index contributed by atoms with van der Waals surface area (Å²) in [5.74, 6) is 0.454. The van der Waals surface area contributed by atoms with Crippen LogP contribution in [0.25, 0.3) is 0 Å². The standard InChI is InChI=1S/C12H11BrN2O2/c1-15-7-8(6-14-15)12(16)10-4-3-9(13)5-11(10)17-2/h3-7H,1-2H3. The molecular weight excluding hydrogens is 284 g/mol. The summed E-state index contributed by atoms with van der Waals surface area (Å²) in [5.41, 5.74) is 1.08. The Labute approximate surface area is 107 Å². The Kier molecular flexibility index (Phi) is 3.28. The van der Waals surface area contributed by atoms with E-state index in [9.17, 15) is 4.79 Å². The van der Waals surface area contributed by atoms with Gasteiger partial charge in [-0.05, 0) is 18.2 Å². The summed E-state index contributed by atoms with van der Waals surface area (Å²) in [6.45, 7) is 0. The number of benzene rings is 1. The van der Waals surface area contributed by atoms with E-state index >= 15 is 0 Å². The van der Waals surface area contributed by atoms with Crippen molar-refractivity contribution >= 4 is 21.7 Å². The number of aryl methyl sites for hydroxylation is 1. The van der Waals surface area contributed by atoms with Crippen LogP contribution in [0.1, 0.15) is 15.9 Å². The Balaban J connectivity index is 2.43. The van der Waals surface area contributed by atoms with Crippen molar-refractivity contribution in [3.63, 3.8) is 0 Å². The minimum Gasteiger partial charge on any atom is -0.496 e. The van der Waals surface area contributed by atoms with Gasteiger partial charge in [0.05, 0.1) is 24.4 Å². The molecule has 1 heterocycles. The molecule has 0 unspecified atom stereocenters. The molecule has 0 aliphatic rings. The smallest absolute Gasteiger partial charge is 0.199 e. The number of methoxy groups -OCH3 is 1. The summed E-state index contributed by atoms with van der Waals surface area (Å²) >= 11 is 3.34. The quantitative estimate of drug-likeness (QED) is 0.817. The minimum atomic E-state index is -0.0950. The molecule has 2 aromatic rings. The van der Waals surface area contributed by atoms with Crippen molar-refractivity contribution in [2.45, 2.75) is 0 Å². The molecule has 17 heavy (non-hydrogen) atoms. The fraction of sp³-hybridized carbons (Fsp3) is 0.167. The van der Waals surface area contributed by atoms with Crippen LogP contribution in [-0.4, -0.2) is 22.7 Å². The summed E-state index contributed by atoms with van der Waals surface area (Å²) in [4.78, 5) is 12.2. The van der Waals surface area contributed by atoms with E-state index < -0.39 is 0 Å². The average molecular weight is 295 g/mol. The first-order valence-corrected chi connectivity index (χ1v) is 5.78. The highest BCUT2D eigenvalue weighted by atomic mass is 79.9. The molecular formula is C12H11BrN2O2. The van der Waals surface area contributed by atoms with Gasteiger partial charge in [0.2, 0.25) is 0 Å². The molecule has 0 radical (unpaired) electrons. The van der Waals surface area contributed by atoms with Crippen molar-refractivity contribution in [2.24, 2.45) is 7.05 Å². The minimum absolute atomic E-state index is 0.0950. The van der Waals surface area contributed by atoms with E-state index in [0.717, 1.165) is 4.47 Å². The Hall–Kier alpha value is -1.62. The molecule has 0 bridgehead atoms. The van der Waals surface area contributed by atoms with Crippen LogP contribution in [0.15, 0.2) is 35.1 Å². The Morgan fingerprint density at radius 2 is 2.24 bits per heavy atom. The van der Waals surface area contributed by atoms with E-state index in [-0.39, 0.29) is 5.78 Å². The van der Waals surface area contributed by atoms with Gasteiger partial charge in [-0.2, -0.15) is 5.10 Å². The van der Waals surface area contributed by atoms with Crippen LogP contribution in [0.3, 0.4) is 0 Å². The summed E-state index contributed by atoms with van der Waals surface area (Å²) in [6.07, 6.45) is 3.23. The second-order valence-electron chi connectivity index (χ2n) is 3.58. The van der Waals surface area contributed by atoms with E-state index in [1.807, 2.05) is 6.07 Å². The van der Waals surface area contributed by atoms with E-state index in [2.05, 4.69) is 21.0 Å². The van der Waals surface area contributed by atoms with Gasteiger partial charge in [0.25, 0.3) is 0 Å². The lowest BCUT2D eigenvalue weighted by Gasteiger charge is -2.06. The number of ketones is 1. The number of halogens is 1. The van der Waals surface area contributed by atoms with Crippen molar-refractivity contribution in [1.29, 1.82) is 0 Å². The number of rotatable bonds is 3. The Morgan fingerprint density at radius 1 is 1.47 bits per heavy atom. The second kappa shape index (κ2) is 4.71. The number of aromatic nitrogens is 2. The molecule has 0 aliphatic heterocycles. The molecule has 0 amide bonds. The average Bonchev–Trinajstić information content (AvgIpc) is 2.75. The highest BCUT2D eigenvalue weighted by molar-refractivity contribution is 9.10. The van der Waals surface area contributed by atoms with Gasteiger partial charge in [-0.3, -0.25) is 9.48 Å². The maximum absolute atomic E-state index is 12.2. The topological polar surface area (TPSA) is 44.1 Å². The molecule has 88 valence electrons. The van der Waals surface area contributed by atoms with Crippen LogP contribution < -0.4 is 4.74 Å². The van der Waals surface area contributed by atoms with Gasteiger partial charge in [0.1, 0.15) is 5.75 Å². The zero-order chi connectivity index (χ0) is 12.4. The Morgan fingerprint density at radius 3 is 2.82 bits per heavy atom. The number of carbonyl (C=O) groups is 1. The molecule has 0 spiro atoms. The lowest BCUT2D eigenvalue weighted by molar-refractivity contribution is 0.103. The highest BCUT2D eigenvalue weighted by Gasteiger charge is 2.15. The van der Waals surface area contributed by atoms with Gasteiger partial charge in [0, 0.05) is 17.7 Å². The van der Waals surface area contributed by atoms with Crippen LogP contribution in [0, 0.1) is 0 Å². The van der Waals surface area contributed by atoms with Gasteiger partial charge in [-0.15, -0.1) is 0 Å². The number of ether oxygens (including phenoxy) is 1. The number of carbonyl (C=O) groups excluding carboxylic acids is 1. The lowest BCUT2D eigenvalue weighted by atomic mass is 10.1. The van der Waals surface area contributed by atoms with Gasteiger partial charge in [-0.25, -0.2) is 0 Å². The molecule has 1 aromatic heterocycles. The fourth-order valence-electron chi connectivity index (χ4n) is 1.55. The fourth-order valence-corrected chi connectivity index (χ4v) is 1.89. The molecule has 0 atom stereocenters. The second-order valence-corrected chi connectivity index (χ2v) is 4.49. The normalized spacial score (nSPS) is 10.3. The first-order chi connectivity index (χ1) is 8.11. The van der Waals surface area contributed by atoms with Gasteiger partial charge in [-0.1, -0.05) is 15.9 Å². The number of hydrogen-bond acceptors (Lipinski definition) is 3.